The van der Waals surface area contributed by atoms with Gasteiger partial charge in [-0.05, 0) is 70.0 Å². The molecule has 0 aliphatic carbocycles. The molecule has 1 unspecified atom stereocenters. The van der Waals surface area contributed by atoms with Gasteiger partial charge in [0.2, 0.25) is 10.0 Å². The van der Waals surface area contributed by atoms with Gasteiger partial charge < -0.3 is 4.74 Å². The second-order valence-corrected chi connectivity index (χ2v) is 10.6. The van der Waals surface area contributed by atoms with Gasteiger partial charge in [-0.1, -0.05) is 56.2 Å². The zero-order valence-corrected chi connectivity index (χ0v) is 20.1. The predicted octanol–water partition coefficient (Wildman–Crippen LogP) is 5.34. The quantitative estimate of drug-likeness (QED) is 0.614. The highest BCUT2D eigenvalue weighted by atomic mass is 32.2. The lowest BCUT2D eigenvalue weighted by molar-refractivity contribution is 0.169. The van der Waals surface area contributed by atoms with Crippen LogP contribution in [0.1, 0.15) is 63.1 Å². The fraction of sp³-hybridized carbons (Fsp3) is 0.462. The van der Waals surface area contributed by atoms with E-state index in [9.17, 15) is 8.42 Å². The predicted molar refractivity (Wildman–Crippen MR) is 128 cm³/mol. The molecule has 4 rings (SSSR count). The van der Waals surface area contributed by atoms with Gasteiger partial charge in [-0.15, -0.1) is 0 Å². The second-order valence-electron chi connectivity index (χ2n) is 8.97. The van der Waals surface area contributed by atoms with Crippen molar-refractivity contribution in [2.45, 2.75) is 69.4 Å². The Labute approximate surface area is 192 Å². The molecule has 0 aromatic heterocycles. The van der Waals surface area contributed by atoms with E-state index < -0.39 is 15.6 Å². The standard InChI is InChI=1S/C26H34N2O3S/c1-4-26(5-2,27-32(29,30)21-15-13-20(3)14-16-21)19-24-25(28-17-9-6-10-18-28)22-11-7-8-12-23(22)31-24/h7-8,11-16,19,25,27H,4-6,9-10,17-18H2,1-3H3/b24-19-. The lowest BCUT2D eigenvalue weighted by Crippen LogP contribution is -2.46. The number of benzene rings is 2. The number of fused-ring (bicyclic) bond motifs is 1. The number of piperidine rings is 1. The molecule has 0 saturated carbocycles. The molecule has 1 saturated heterocycles. The van der Waals surface area contributed by atoms with Crippen molar-refractivity contribution in [3.63, 3.8) is 0 Å². The van der Waals surface area contributed by atoms with Crippen LogP contribution in [0.3, 0.4) is 0 Å². The van der Waals surface area contributed by atoms with Crippen LogP contribution in [-0.2, 0) is 10.0 Å². The number of rotatable bonds is 7. The van der Waals surface area contributed by atoms with E-state index in [1.54, 1.807) is 12.1 Å². The van der Waals surface area contributed by atoms with E-state index in [-0.39, 0.29) is 10.9 Å². The van der Waals surface area contributed by atoms with Crippen LogP contribution in [0.5, 0.6) is 5.75 Å². The second kappa shape index (κ2) is 9.38. The Balaban J connectivity index is 1.71. The largest absolute Gasteiger partial charge is 0.460 e. The third-order valence-electron chi connectivity index (χ3n) is 6.82. The summed E-state index contributed by atoms with van der Waals surface area (Å²) in [6.07, 6.45) is 6.92. The average molecular weight is 455 g/mol. The van der Waals surface area contributed by atoms with Crippen LogP contribution in [0.15, 0.2) is 65.3 Å². The van der Waals surface area contributed by atoms with Crippen molar-refractivity contribution in [3.8, 4) is 5.75 Å². The first kappa shape index (κ1) is 23.0. The molecule has 2 heterocycles. The summed E-state index contributed by atoms with van der Waals surface area (Å²) in [5, 5.41) is 0. The number of sulfonamides is 1. The number of nitrogens with zero attached hydrogens (tertiary/aromatic N) is 1. The Morgan fingerprint density at radius 3 is 2.34 bits per heavy atom. The molecule has 172 valence electrons. The Kier molecular flexibility index (Phi) is 6.75. The smallest absolute Gasteiger partial charge is 0.241 e. The molecule has 2 aliphatic heterocycles. The average Bonchev–Trinajstić information content (AvgIpc) is 3.16. The summed E-state index contributed by atoms with van der Waals surface area (Å²) in [7, 11) is -3.67. The number of aryl methyl sites for hydroxylation is 1. The fourth-order valence-electron chi connectivity index (χ4n) is 4.74. The van der Waals surface area contributed by atoms with Gasteiger partial charge in [0.1, 0.15) is 11.5 Å². The third-order valence-corrected chi connectivity index (χ3v) is 8.38. The topological polar surface area (TPSA) is 58.6 Å². The van der Waals surface area contributed by atoms with Gasteiger partial charge in [-0.3, -0.25) is 4.90 Å². The first-order chi connectivity index (χ1) is 15.4. The SMILES string of the molecule is CCC(/C=C1\Oc2ccccc2C1N1CCCCC1)(CC)NS(=O)(=O)c1ccc(C)cc1. The van der Waals surface area contributed by atoms with Gasteiger partial charge in [0.05, 0.1) is 16.5 Å². The van der Waals surface area contributed by atoms with Crippen molar-refractivity contribution < 1.29 is 13.2 Å². The van der Waals surface area contributed by atoms with E-state index >= 15 is 0 Å². The Morgan fingerprint density at radius 2 is 1.69 bits per heavy atom. The minimum atomic E-state index is -3.67. The van der Waals surface area contributed by atoms with E-state index in [1.165, 1.54) is 24.8 Å². The maximum absolute atomic E-state index is 13.3. The van der Waals surface area contributed by atoms with E-state index in [0.717, 1.165) is 30.2 Å². The van der Waals surface area contributed by atoms with E-state index in [2.05, 4.69) is 21.8 Å². The van der Waals surface area contributed by atoms with Crippen LogP contribution in [0.4, 0.5) is 0 Å². The first-order valence-corrected chi connectivity index (χ1v) is 13.2. The van der Waals surface area contributed by atoms with Crippen LogP contribution in [0.25, 0.3) is 0 Å². The van der Waals surface area contributed by atoms with Crippen molar-refractivity contribution in [1.82, 2.24) is 9.62 Å². The van der Waals surface area contributed by atoms with Crippen LogP contribution < -0.4 is 9.46 Å². The highest BCUT2D eigenvalue weighted by molar-refractivity contribution is 7.89. The van der Waals surface area contributed by atoms with Crippen LogP contribution >= 0.6 is 0 Å². The number of ether oxygens (including phenoxy) is 1. The van der Waals surface area contributed by atoms with Gasteiger partial charge in [0.25, 0.3) is 0 Å². The summed E-state index contributed by atoms with van der Waals surface area (Å²) < 4.78 is 35.9. The van der Waals surface area contributed by atoms with Crippen molar-refractivity contribution in [1.29, 1.82) is 0 Å². The number of hydrogen-bond donors (Lipinski definition) is 1. The Bertz CT molecular complexity index is 1070. The Morgan fingerprint density at radius 1 is 1.03 bits per heavy atom. The zero-order valence-electron chi connectivity index (χ0n) is 19.3. The summed E-state index contributed by atoms with van der Waals surface area (Å²) in [5.74, 6) is 1.71. The lowest BCUT2D eigenvalue weighted by Gasteiger charge is -2.34. The molecule has 1 atom stereocenters. The lowest BCUT2D eigenvalue weighted by atomic mass is 9.91. The van der Waals surface area contributed by atoms with Gasteiger partial charge in [-0.25, -0.2) is 13.1 Å². The molecule has 6 heteroatoms. The van der Waals surface area contributed by atoms with Crippen LogP contribution in [-0.4, -0.2) is 31.9 Å². The van der Waals surface area contributed by atoms with Crippen molar-refractivity contribution in [2.75, 3.05) is 13.1 Å². The molecular formula is C26H34N2O3S. The van der Waals surface area contributed by atoms with Crippen molar-refractivity contribution >= 4 is 10.0 Å². The molecule has 2 aliphatic rings. The zero-order chi connectivity index (χ0) is 22.8. The van der Waals surface area contributed by atoms with Gasteiger partial charge in [0, 0.05) is 5.56 Å². The summed E-state index contributed by atoms with van der Waals surface area (Å²) in [4.78, 5) is 2.77. The van der Waals surface area contributed by atoms with E-state index in [4.69, 9.17) is 4.74 Å². The van der Waals surface area contributed by atoms with Crippen LogP contribution in [0, 0.1) is 6.92 Å². The highest BCUT2D eigenvalue weighted by Crippen LogP contribution is 2.44. The van der Waals surface area contributed by atoms with Gasteiger partial charge >= 0.3 is 0 Å². The molecule has 1 fully saturated rings. The summed E-state index contributed by atoms with van der Waals surface area (Å²) >= 11 is 0. The molecule has 1 N–H and O–H groups in total. The Hall–Kier alpha value is -2.15. The maximum Gasteiger partial charge on any atom is 0.241 e. The highest BCUT2D eigenvalue weighted by Gasteiger charge is 2.39. The van der Waals surface area contributed by atoms with Crippen LogP contribution in [0.2, 0.25) is 0 Å². The number of para-hydroxylation sites is 1. The normalized spacial score (nSPS) is 20.8. The van der Waals surface area contributed by atoms with Gasteiger partial charge in [0.15, 0.2) is 0 Å². The summed E-state index contributed by atoms with van der Waals surface area (Å²) in [5.41, 5.74) is 1.47. The molecule has 2 aromatic carbocycles. The monoisotopic (exact) mass is 454 g/mol. The van der Waals surface area contributed by atoms with E-state index in [1.807, 2.05) is 51.1 Å². The third kappa shape index (κ3) is 4.63. The molecule has 5 nitrogen and oxygen atoms in total. The van der Waals surface area contributed by atoms with E-state index in [0.29, 0.717) is 12.8 Å². The van der Waals surface area contributed by atoms with Crippen molar-refractivity contribution in [2.24, 2.45) is 0 Å². The minimum absolute atomic E-state index is 0.0350. The summed E-state index contributed by atoms with van der Waals surface area (Å²) in [6.45, 7) is 8.05. The molecule has 32 heavy (non-hydrogen) atoms. The maximum atomic E-state index is 13.3. The molecule has 2 aromatic rings. The number of likely N-dealkylation sites (tertiary alicyclic amines) is 1. The van der Waals surface area contributed by atoms with Crippen molar-refractivity contribution in [3.05, 3.63) is 71.5 Å². The minimum Gasteiger partial charge on any atom is -0.460 e. The fourth-order valence-corrected chi connectivity index (χ4v) is 6.24. The number of nitrogens with one attached hydrogen (secondary N) is 1. The number of hydrogen-bond acceptors (Lipinski definition) is 4. The summed E-state index contributed by atoms with van der Waals surface area (Å²) in [6, 6.07) is 15.2. The first-order valence-electron chi connectivity index (χ1n) is 11.7. The molecule has 0 spiro atoms. The molecule has 0 bridgehead atoms. The molecular weight excluding hydrogens is 420 g/mol. The molecule has 0 amide bonds. The molecule has 0 radical (unpaired) electrons. The van der Waals surface area contributed by atoms with Gasteiger partial charge in [-0.2, -0.15) is 0 Å².